The van der Waals surface area contributed by atoms with Gasteiger partial charge in [0.05, 0.1) is 17.7 Å². The van der Waals surface area contributed by atoms with E-state index in [1.165, 1.54) is 4.90 Å². The van der Waals surface area contributed by atoms with Gasteiger partial charge in [0.1, 0.15) is 11.5 Å². The summed E-state index contributed by atoms with van der Waals surface area (Å²) in [6.45, 7) is 5.88. The van der Waals surface area contributed by atoms with Gasteiger partial charge < -0.3 is 9.72 Å². The van der Waals surface area contributed by atoms with Crippen molar-refractivity contribution in [3.63, 3.8) is 0 Å². The first-order valence-electron chi connectivity index (χ1n) is 10.3. The van der Waals surface area contributed by atoms with Crippen molar-refractivity contribution in [1.29, 1.82) is 0 Å². The number of rotatable bonds is 6. The van der Waals surface area contributed by atoms with Gasteiger partial charge in [0.2, 0.25) is 0 Å². The Labute approximate surface area is 191 Å². The lowest BCUT2D eigenvalue weighted by Gasteiger charge is -2.22. The summed E-state index contributed by atoms with van der Waals surface area (Å²) in [5, 5.41) is 1.58. The monoisotopic (exact) mass is 449 g/mol. The fraction of sp³-hybridized carbons (Fsp3) is 0.250. The molecule has 4 aromatic rings. The molecule has 1 amide bonds. The number of nitrogens with one attached hydrogen (secondary N) is 1. The zero-order valence-corrected chi connectivity index (χ0v) is 18.9. The Hall–Kier alpha value is -3.45. The predicted octanol–water partition coefficient (Wildman–Crippen LogP) is 5.46. The van der Waals surface area contributed by atoms with E-state index in [2.05, 4.69) is 19.9 Å². The fourth-order valence-corrected chi connectivity index (χ4v) is 3.52. The number of ether oxygens (including phenoxy) is 1. The van der Waals surface area contributed by atoms with Gasteiger partial charge in [-0.1, -0.05) is 23.7 Å². The molecule has 0 fully saturated rings. The lowest BCUT2D eigenvalue weighted by atomic mass is 10.1. The van der Waals surface area contributed by atoms with E-state index < -0.39 is 6.09 Å². The van der Waals surface area contributed by atoms with Crippen LogP contribution in [0, 0.1) is 6.92 Å². The lowest BCUT2D eigenvalue weighted by molar-refractivity contribution is 0.122. The highest BCUT2D eigenvalue weighted by molar-refractivity contribution is 6.31. The molecule has 4 aromatic heterocycles. The quantitative estimate of drug-likeness (QED) is 0.422. The Morgan fingerprint density at radius 3 is 2.56 bits per heavy atom. The lowest BCUT2D eigenvalue weighted by Crippen LogP contribution is -2.33. The number of aryl methyl sites for hydroxylation is 1. The smallest absolute Gasteiger partial charge is 0.416 e. The number of aromatic nitrogens is 4. The minimum Gasteiger partial charge on any atom is -0.446 e. The second-order valence-electron chi connectivity index (χ2n) is 7.89. The van der Waals surface area contributed by atoms with Crippen LogP contribution >= 0.6 is 11.6 Å². The largest absolute Gasteiger partial charge is 0.446 e. The summed E-state index contributed by atoms with van der Waals surface area (Å²) >= 11 is 6.10. The first kappa shape index (κ1) is 21.8. The van der Waals surface area contributed by atoms with Crippen molar-refractivity contribution in [1.82, 2.24) is 19.9 Å². The Morgan fingerprint density at radius 1 is 1.09 bits per heavy atom. The van der Waals surface area contributed by atoms with Crippen LogP contribution in [0.3, 0.4) is 0 Å². The molecular weight excluding hydrogens is 426 g/mol. The van der Waals surface area contributed by atoms with Crippen molar-refractivity contribution in [3.05, 3.63) is 82.5 Å². The number of fused-ring (bicyclic) bond motifs is 1. The highest BCUT2D eigenvalue weighted by Gasteiger charge is 2.20. The molecular formula is C24H24ClN5O2. The van der Waals surface area contributed by atoms with E-state index in [9.17, 15) is 4.79 Å². The van der Waals surface area contributed by atoms with Gasteiger partial charge in [-0.2, -0.15) is 0 Å². The zero-order chi connectivity index (χ0) is 22.7. The molecule has 7 nitrogen and oxygen atoms in total. The summed E-state index contributed by atoms with van der Waals surface area (Å²) in [6, 6.07) is 9.56. The van der Waals surface area contributed by atoms with E-state index >= 15 is 0 Å². The number of hydrogen-bond acceptors (Lipinski definition) is 5. The van der Waals surface area contributed by atoms with Gasteiger partial charge in [0.25, 0.3) is 0 Å². The Morgan fingerprint density at radius 2 is 1.88 bits per heavy atom. The van der Waals surface area contributed by atoms with E-state index in [-0.39, 0.29) is 6.10 Å². The molecule has 0 saturated heterocycles. The van der Waals surface area contributed by atoms with E-state index in [1.54, 1.807) is 18.6 Å². The molecule has 164 valence electrons. The van der Waals surface area contributed by atoms with Crippen LogP contribution in [0.5, 0.6) is 0 Å². The van der Waals surface area contributed by atoms with Crippen LogP contribution in [0.2, 0.25) is 5.02 Å². The van der Waals surface area contributed by atoms with Gasteiger partial charge in [-0.3, -0.25) is 9.88 Å². The van der Waals surface area contributed by atoms with Crippen LogP contribution in [0.25, 0.3) is 11.0 Å². The van der Waals surface area contributed by atoms with Crippen molar-refractivity contribution < 1.29 is 9.53 Å². The molecule has 0 aliphatic carbocycles. The number of carbonyl (C=O) groups is 1. The molecule has 0 spiro atoms. The minimum atomic E-state index is -0.446. The topological polar surface area (TPSA) is 84.0 Å². The summed E-state index contributed by atoms with van der Waals surface area (Å²) < 4.78 is 5.44. The fourth-order valence-electron chi connectivity index (χ4n) is 3.36. The maximum absolute atomic E-state index is 12.8. The van der Waals surface area contributed by atoms with Gasteiger partial charge in [0.15, 0.2) is 0 Å². The molecule has 0 radical (unpaired) electrons. The highest BCUT2D eigenvalue weighted by atomic mass is 35.5. The molecule has 0 saturated carbocycles. The molecule has 0 aliphatic rings. The summed E-state index contributed by atoms with van der Waals surface area (Å²) in [4.78, 5) is 30.6. The van der Waals surface area contributed by atoms with Crippen LogP contribution < -0.4 is 4.90 Å². The molecule has 0 atom stereocenters. The molecule has 8 heteroatoms. The van der Waals surface area contributed by atoms with Crippen LogP contribution in [-0.4, -0.2) is 32.1 Å². The number of pyridine rings is 3. The third kappa shape index (κ3) is 5.06. The van der Waals surface area contributed by atoms with Gasteiger partial charge >= 0.3 is 6.09 Å². The number of halogens is 1. The summed E-state index contributed by atoms with van der Waals surface area (Å²) in [5.41, 5.74) is 4.69. The Kier molecular flexibility index (Phi) is 6.37. The van der Waals surface area contributed by atoms with Crippen molar-refractivity contribution in [3.8, 4) is 0 Å². The number of H-pyrrole nitrogens is 1. The first-order valence-corrected chi connectivity index (χ1v) is 10.7. The normalized spacial score (nSPS) is 11.2. The number of aromatic amines is 1. The molecule has 0 aromatic carbocycles. The van der Waals surface area contributed by atoms with Crippen molar-refractivity contribution >= 4 is 34.5 Å². The van der Waals surface area contributed by atoms with Crippen LogP contribution in [-0.2, 0) is 17.7 Å². The van der Waals surface area contributed by atoms with E-state index in [4.69, 9.17) is 16.3 Å². The number of carbonyl (C=O) groups excluding carboxylic acids is 1. The van der Waals surface area contributed by atoms with Crippen molar-refractivity contribution in [2.75, 3.05) is 4.90 Å². The molecule has 1 N–H and O–H groups in total. The third-order valence-electron chi connectivity index (χ3n) is 4.93. The van der Waals surface area contributed by atoms with Gasteiger partial charge in [-0.05, 0) is 55.7 Å². The first-order chi connectivity index (χ1) is 15.4. The average molecular weight is 450 g/mol. The predicted molar refractivity (Wildman–Crippen MR) is 125 cm³/mol. The van der Waals surface area contributed by atoms with Gasteiger partial charge in [0, 0.05) is 42.3 Å². The van der Waals surface area contributed by atoms with Crippen molar-refractivity contribution in [2.45, 2.75) is 39.8 Å². The average Bonchev–Trinajstić information content (AvgIpc) is 3.15. The number of nitrogens with zero attached hydrogens (tertiary/aromatic N) is 4. The van der Waals surface area contributed by atoms with Crippen molar-refractivity contribution in [2.24, 2.45) is 0 Å². The maximum Gasteiger partial charge on any atom is 0.416 e. The molecule has 0 unspecified atom stereocenters. The van der Waals surface area contributed by atoms with E-state index in [0.29, 0.717) is 23.8 Å². The summed E-state index contributed by atoms with van der Waals surface area (Å²) in [7, 11) is 0. The second-order valence-corrected chi connectivity index (χ2v) is 8.33. The number of amides is 1. The highest BCUT2D eigenvalue weighted by Crippen LogP contribution is 2.24. The number of anilines is 1. The third-order valence-corrected chi connectivity index (χ3v) is 5.14. The molecule has 32 heavy (non-hydrogen) atoms. The second kappa shape index (κ2) is 9.36. The zero-order valence-electron chi connectivity index (χ0n) is 18.2. The van der Waals surface area contributed by atoms with Gasteiger partial charge in [-0.25, -0.2) is 14.8 Å². The Bertz CT molecular complexity index is 1220. The maximum atomic E-state index is 12.8. The van der Waals surface area contributed by atoms with E-state index in [1.807, 2.05) is 57.3 Å². The molecule has 0 aliphatic heterocycles. The van der Waals surface area contributed by atoms with Gasteiger partial charge in [-0.15, -0.1) is 0 Å². The molecule has 4 heterocycles. The van der Waals surface area contributed by atoms with Crippen LogP contribution in [0.15, 0.2) is 55.1 Å². The van der Waals surface area contributed by atoms with Crippen LogP contribution in [0.4, 0.5) is 10.6 Å². The molecule has 0 bridgehead atoms. The summed E-state index contributed by atoms with van der Waals surface area (Å²) in [6.07, 6.45) is 7.06. The van der Waals surface area contributed by atoms with Crippen LogP contribution in [0.1, 0.15) is 36.2 Å². The number of hydrogen-bond donors (Lipinski definition) is 1. The SMILES string of the molecule is Cc1ccc(CN(C(=O)OC(C)C)c2ccc(Cc3c[nH]c4ncc(Cl)cc34)cn2)cn1. The standard InChI is InChI=1S/C24H24ClN5O2/c1-15(2)32-24(31)30(14-18-5-4-16(3)26-11-18)22-7-6-17(10-27-22)8-19-12-28-23-21(19)9-20(25)13-29-23/h4-7,9-13,15H,8,14H2,1-3H3,(H,28,29). The van der Waals surface area contributed by atoms with E-state index in [0.717, 1.165) is 33.4 Å². The Balaban J connectivity index is 1.57. The summed E-state index contributed by atoms with van der Waals surface area (Å²) in [5.74, 6) is 0.517. The molecule has 4 rings (SSSR count). The minimum absolute atomic E-state index is 0.234.